The Morgan fingerprint density at radius 2 is 2.00 bits per heavy atom. The minimum atomic E-state index is -0.147. The Balaban J connectivity index is 2.22. The molecule has 0 saturated carbocycles. The van der Waals surface area contributed by atoms with Crippen LogP contribution in [0.1, 0.15) is 37.6 Å². The van der Waals surface area contributed by atoms with Gasteiger partial charge >= 0.3 is 0 Å². The predicted octanol–water partition coefficient (Wildman–Crippen LogP) is 3.18. The van der Waals surface area contributed by atoms with E-state index in [4.69, 9.17) is 5.73 Å². The van der Waals surface area contributed by atoms with E-state index in [1.165, 1.54) is 0 Å². The number of pyridine rings is 1. The van der Waals surface area contributed by atoms with Crippen molar-refractivity contribution in [3.63, 3.8) is 0 Å². The summed E-state index contributed by atoms with van der Waals surface area (Å²) in [4.78, 5) is 16.5. The van der Waals surface area contributed by atoms with Gasteiger partial charge in [-0.05, 0) is 17.5 Å². The fourth-order valence-electron chi connectivity index (χ4n) is 1.85. The molecule has 3 nitrogen and oxygen atoms in total. The van der Waals surface area contributed by atoms with Crippen LogP contribution in [0.3, 0.4) is 0 Å². The monoisotopic (exact) mass is 256 g/mol. The summed E-state index contributed by atoms with van der Waals surface area (Å²) in [6.45, 7) is 6.14. The first kappa shape index (κ1) is 13.7. The van der Waals surface area contributed by atoms with Crippen LogP contribution >= 0.6 is 0 Å². The van der Waals surface area contributed by atoms with Gasteiger partial charge in [0.25, 0.3) is 0 Å². The number of fused-ring (bicyclic) bond motifs is 1. The second-order valence-electron chi connectivity index (χ2n) is 6.02. The van der Waals surface area contributed by atoms with E-state index in [1.807, 2.05) is 51.1 Å². The lowest BCUT2D eigenvalue weighted by atomic mass is 9.84. The second-order valence-corrected chi connectivity index (χ2v) is 6.02. The third kappa shape index (κ3) is 3.18. The Kier molecular flexibility index (Phi) is 3.67. The van der Waals surface area contributed by atoms with Crippen molar-refractivity contribution in [2.24, 2.45) is 11.1 Å². The highest BCUT2D eigenvalue weighted by atomic mass is 16.1. The first-order valence-corrected chi connectivity index (χ1v) is 6.51. The highest BCUT2D eigenvalue weighted by molar-refractivity contribution is 5.99. The van der Waals surface area contributed by atoms with E-state index in [1.54, 1.807) is 6.20 Å². The molecule has 1 aromatic carbocycles. The molecule has 1 unspecified atom stereocenters. The van der Waals surface area contributed by atoms with E-state index in [2.05, 4.69) is 4.98 Å². The number of nitrogens with zero attached hydrogens (tertiary/aromatic N) is 1. The molecule has 3 heteroatoms. The SMILES string of the molecule is CC(C)(C)C(N)CC(=O)c1cnc2ccccc2c1. The van der Waals surface area contributed by atoms with Gasteiger partial charge in [0.2, 0.25) is 0 Å². The number of para-hydroxylation sites is 1. The van der Waals surface area contributed by atoms with Crippen LogP contribution < -0.4 is 5.73 Å². The quantitative estimate of drug-likeness (QED) is 0.858. The van der Waals surface area contributed by atoms with Crippen LogP contribution in [0, 0.1) is 5.41 Å². The van der Waals surface area contributed by atoms with E-state index >= 15 is 0 Å². The van der Waals surface area contributed by atoms with Crippen LogP contribution in [0.25, 0.3) is 10.9 Å². The number of rotatable bonds is 3. The molecular formula is C16H20N2O. The van der Waals surface area contributed by atoms with E-state index in [0.29, 0.717) is 12.0 Å². The molecule has 0 aliphatic carbocycles. The number of aromatic nitrogens is 1. The van der Waals surface area contributed by atoms with Crippen molar-refractivity contribution >= 4 is 16.7 Å². The molecule has 0 amide bonds. The summed E-state index contributed by atoms with van der Waals surface area (Å²) in [5.74, 6) is 0.0562. The summed E-state index contributed by atoms with van der Waals surface area (Å²) in [5.41, 5.74) is 7.53. The molecule has 1 heterocycles. The van der Waals surface area contributed by atoms with E-state index in [9.17, 15) is 4.79 Å². The number of Topliss-reactive ketones (excluding diaryl/α,β-unsaturated/α-hetero) is 1. The summed E-state index contributed by atoms with van der Waals surface area (Å²) in [5, 5.41) is 0.984. The first-order valence-electron chi connectivity index (χ1n) is 6.51. The zero-order valence-corrected chi connectivity index (χ0v) is 11.7. The Labute approximate surface area is 113 Å². The number of hydrogen-bond acceptors (Lipinski definition) is 3. The largest absolute Gasteiger partial charge is 0.327 e. The number of benzene rings is 1. The minimum absolute atomic E-state index is 0.0562. The molecule has 0 bridgehead atoms. The molecule has 0 fully saturated rings. The normalized spacial score (nSPS) is 13.5. The predicted molar refractivity (Wildman–Crippen MR) is 78.1 cm³/mol. The van der Waals surface area contributed by atoms with Crippen LogP contribution in [0.15, 0.2) is 36.5 Å². The zero-order chi connectivity index (χ0) is 14.0. The van der Waals surface area contributed by atoms with Gasteiger partial charge in [0.05, 0.1) is 5.52 Å². The molecule has 2 N–H and O–H groups in total. The van der Waals surface area contributed by atoms with E-state index < -0.39 is 0 Å². The maximum absolute atomic E-state index is 12.2. The van der Waals surface area contributed by atoms with Gasteiger partial charge in [0, 0.05) is 29.6 Å². The summed E-state index contributed by atoms with van der Waals surface area (Å²) in [6, 6.07) is 9.52. The first-order chi connectivity index (χ1) is 8.88. The van der Waals surface area contributed by atoms with Crippen LogP contribution in [0.4, 0.5) is 0 Å². The molecule has 2 rings (SSSR count). The third-order valence-corrected chi connectivity index (χ3v) is 3.43. The number of ketones is 1. The van der Waals surface area contributed by atoms with E-state index in [-0.39, 0.29) is 17.2 Å². The van der Waals surface area contributed by atoms with Crippen molar-refractivity contribution in [2.45, 2.75) is 33.2 Å². The second kappa shape index (κ2) is 5.10. The highest BCUT2D eigenvalue weighted by Gasteiger charge is 2.23. The number of hydrogen-bond donors (Lipinski definition) is 1. The summed E-state index contributed by atoms with van der Waals surface area (Å²) in [7, 11) is 0. The summed E-state index contributed by atoms with van der Waals surface area (Å²) in [6.07, 6.45) is 1.99. The van der Waals surface area contributed by atoms with Crippen LogP contribution in [-0.2, 0) is 0 Å². The average molecular weight is 256 g/mol. The topological polar surface area (TPSA) is 56.0 Å². The molecule has 2 aromatic rings. The van der Waals surface area contributed by atoms with Crippen molar-refractivity contribution in [1.82, 2.24) is 4.98 Å². The lowest BCUT2D eigenvalue weighted by Gasteiger charge is -2.26. The maximum Gasteiger partial charge on any atom is 0.166 e. The van der Waals surface area contributed by atoms with Crippen LogP contribution in [0.2, 0.25) is 0 Å². The van der Waals surface area contributed by atoms with Crippen LogP contribution in [-0.4, -0.2) is 16.8 Å². The maximum atomic E-state index is 12.2. The fourth-order valence-corrected chi connectivity index (χ4v) is 1.85. The van der Waals surface area contributed by atoms with Gasteiger partial charge in [-0.2, -0.15) is 0 Å². The molecule has 19 heavy (non-hydrogen) atoms. The zero-order valence-electron chi connectivity index (χ0n) is 11.7. The Morgan fingerprint density at radius 1 is 1.32 bits per heavy atom. The molecular weight excluding hydrogens is 236 g/mol. The fraction of sp³-hybridized carbons (Fsp3) is 0.375. The minimum Gasteiger partial charge on any atom is -0.327 e. The van der Waals surface area contributed by atoms with Gasteiger partial charge < -0.3 is 5.73 Å². The molecule has 0 spiro atoms. The van der Waals surface area contributed by atoms with E-state index in [0.717, 1.165) is 10.9 Å². The smallest absolute Gasteiger partial charge is 0.166 e. The molecule has 0 radical (unpaired) electrons. The highest BCUT2D eigenvalue weighted by Crippen LogP contribution is 2.22. The standard InChI is InChI=1S/C16H20N2O/c1-16(2,3)15(17)9-14(19)12-8-11-6-4-5-7-13(11)18-10-12/h4-8,10,15H,9,17H2,1-3H3. The Hall–Kier alpha value is -1.74. The van der Waals surface area contributed by atoms with Gasteiger partial charge in [-0.3, -0.25) is 9.78 Å². The van der Waals surface area contributed by atoms with Crippen molar-refractivity contribution in [3.8, 4) is 0 Å². The van der Waals surface area contributed by atoms with Gasteiger partial charge in [0.1, 0.15) is 0 Å². The summed E-state index contributed by atoms with van der Waals surface area (Å²) < 4.78 is 0. The van der Waals surface area contributed by atoms with Gasteiger partial charge in [-0.25, -0.2) is 0 Å². The lowest BCUT2D eigenvalue weighted by Crippen LogP contribution is -2.37. The summed E-state index contributed by atoms with van der Waals surface area (Å²) >= 11 is 0. The molecule has 0 saturated heterocycles. The third-order valence-electron chi connectivity index (χ3n) is 3.43. The van der Waals surface area contributed by atoms with Gasteiger partial charge in [0.15, 0.2) is 5.78 Å². The molecule has 1 aromatic heterocycles. The van der Waals surface area contributed by atoms with Crippen molar-refractivity contribution < 1.29 is 4.79 Å². The Morgan fingerprint density at radius 3 is 2.68 bits per heavy atom. The lowest BCUT2D eigenvalue weighted by molar-refractivity contribution is 0.0953. The molecule has 0 aliphatic heterocycles. The van der Waals surface area contributed by atoms with Crippen molar-refractivity contribution in [2.75, 3.05) is 0 Å². The molecule has 1 atom stereocenters. The van der Waals surface area contributed by atoms with Gasteiger partial charge in [-0.1, -0.05) is 39.0 Å². The van der Waals surface area contributed by atoms with Crippen molar-refractivity contribution in [1.29, 1.82) is 0 Å². The van der Waals surface area contributed by atoms with Crippen molar-refractivity contribution in [3.05, 3.63) is 42.1 Å². The molecule has 0 aliphatic rings. The average Bonchev–Trinajstić information content (AvgIpc) is 2.37. The molecule has 100 valence electrons. The number of carbonyl (C=O) groups excluding carboxylic acids is 1. The number of nitrogens with two attached hydrogens (primary N) is 1. The Bertz CT molecular complexity index is 599. The number of carbonyl (C=O) groups is 1. The van der Waals surface area contributed by atoms with Crippen LogP contribution in [0.5, 0.6) is 0 Å². The van der Waals surface area contributed by atoms with Gasteiger partial charge in [-0.15, -0.1) is 0 Å².